The highest BCUT2D eigenvalue weighted by molar-refractivity contribution is 6.32. The topological polar surface area (TPSA) is 106 Å². The molecule has 10 nitrogen and oxygen atoms in total. The second kappa shape index (κ2) is 13.5. The van der Waals surface area contributed by atoms with Gasteiger partial charge in [-0.3, -0.25) is 14.5 Å². The summed E-state index contributed by atoms with van der Waals surface area (Å²) in [4.78, 5) is 48.4. The molecule has 0 saturated carbocycles. The van der Waals surface area contributed by atoms with Gasteiger partial charge >= 0.3 is 12.3 Å². The number of hydrogen-bond acceptors (Lipinski definition) is 7. The predicted octanol–water partition coefficient (Wildman–Crippen LogP) is 5.26. The largest absolute Gasteiger partial charge is 0.506 e. The van der Waals surface area contributed by atoms with Gasteiger partial charge in [-0.05, 0) is 74.9 Å². The molecule has 3 amide bonds. The molecule has 5 aliphatic rings. The number of fused-ring (bicyclic) bond motifs is 4. The Morgan fingerprint density at radius 1 is 1.00 bits per heavy atom. The normalized spacial score (nSPS) is 26.0. The highest BCUT2D eigenvalue weighted by atomic mass is 35.5. The Morgan fingerprint density at radius 2 is 1.66 bits per heavy atom. The third-order valence-corrected chi connectivity index (χ3v) is 12.1. The van der Waals surface area contributed by atoms with Crippen LogP contribution in [0.3, 0.4) is 0 Å². The first-order chi connectivity index (χ1) is 23.8. The van der Waals surface area contributed by atoms with E-state index in [0.717, 1.165) is 30.2 Å². The van der Waals surface area contributed by atoms with E-state index in [2.05, 4.69) is 22.2 Å². The van der Waals surface area contributed by atoms with Gasteiger partial charge in [0, 0.05) is 81.3 Å². The van der Waals surface area contributed by atoms with E-state index in [0.29, 0.717) is 63.6 Å². The van der Waals surface area contributed by atoms with Crippen LogP contribution in [0, 0.1) is 0 Å². The Kier molecular flexibility index (Phi) is 9.44. The number of nitrogens with zero attached hydrogens (tertiary/aromatic N) is 4. The monoisotopic (exact) mass is 717 g/mol. The molecule has 3 atom stereocenters. The number of likely N-dealkylation sites (tertiary alicyclic amines) is 1. The van der Waals surface area contributed by atoms with E-state index in [9.17, 15) is 32.7 Å². The number of hydrogen-bond donors (Lipinski definition) is 2. The quantitative estimate of drug-likeness (QED) is 0.435. The fourth-order valence-electron chi connectivity index (χ4n) is 8.99. The van der Waals surface area contributed by atoms with E-state index in [1.165, 1.54) is 23.8 Å². The number of rotatable bonds is 5. The lowest BCUT2D eigenvalue weighted by Gasteiger charge is -2.45. The van der Waals surface area contributed by atoms with Crippen LogP contribution >= 0.6 is 11.6 Å². The summed E-state index contributed by atoms with van der Waals surface area (Å²) in [7, 11) is 2.20. The van der Waals surface area contributed by atoms with Crippen LogP contribution in [-0.4, -0.2) is 113 Å². The molecule has 2 aromatic carbocycles. The minimum absolute atomic E-state index is 0.00846. The van der Waals surface area contributed by atoms with Crippen molar-refractivity contribution in [3.63, 3.8) is 0 Å². The summed E-state index contributed by atoms with van der Waals surface area (Å²) in [6.07, 6.45) is -1.47. The highest BCUT2D eigenvalue weighted by Crippen LogP contribution is 2.45. The average Bonchev–Trinajstić information content (AvgIpc) is 3.27. The first kappa shape index (κ1) is 34.9. The molecule has 2 N–H and O–H groups in total. The van der Waals surface area contributed by atoms with Crippen molar-refractivity contribution in [3.05, 3.63) is 58.1 Å². The van der Waals surface area contributed by atoms with Crippen LogP contribution in [0.25, 0.3) is 0 Å². The molecule has 270 valence electrons. The van der Waals surface area contributed by atoms with E-state index in [4.69, 9.17) is 16.3 Å². The van der Waals surface area contributed by atoms with Crippen molar-refractivity contribution in [3.8, 4) is 5.75 Å². The molecule has 5 aliphatic heterocycles. The number of phenolic OH excluding ortho intramolecular Hbond substituents is 1. The van der Waals surface area contributed by atoms with Crippen LogP contribution < -0.4 is 5.32 Å². The number of aromatic hydroxyl groups is 1. The van der Waals surface area contributed by atoms with Crippen LogP contribution in [0.1, 0.15) is 61.6 Å². The van der Waals surface area contributed by atoms with E-state index in [1.807, 2.05) is 24.3 Å². The summed E-state index contributed by atoms with van der Waals surface area (Å²) in [6, 6.07) is 11.2. The van der Waals surface area contributed by atoms with Crippen molar-refractivity contribution in [2.24, 2.45) is 0 Å². The number of ether oxygens (including phenoxy) is 1. The lowest BCUT2D eigenvalue weighted by molar-refractivity contribution is -0.143. The van der Waals surface area contributed by atoms with Crippen molar-refractivity contribution in [1.82, 2.24) is 19.6 Å². The van der Waals surface area contributed by atoms with E-state index >= 15 is 0 Å². The Labute approximate surface area is 294 Å². The number of halogens is 4. The van der Waals surface area contributed by atoms with Crippen LogP contribution in [-0.2, 0) is 32.3 Å². The molecule has 14 heteroatoms. The molecular weight excluding hydrogens is 675 g/mol. The first-order valence-corrected chi connectivity index (χ1v) is 17.9. The molecule has 50 heavy (non-hydrogen) atoms. The third kappa shape index (κ3) is 6.76. The molecule has 2 aromatic rings. The molecule has 4 saturated heterocycles. The summed E-state index contributed by atoms with van der Waals surface area (Å²) in [6.45, 7) is 2.70. The molecule has 0 aromatic heterocycles. The van der Waals surface area contributed by atoms with Gasteiger partial charge in [-0.25, -0.2) is 4.79 Å². The number of phenols is 1. The molecule has 0 radical (unpaired) electrons. The van der Waals surface area contributed by atoms with Crippen molar-refractivity contribution >= 4 is 35.2 Å². The number of amides is 3. The van der Waals surface area contributed by atoms with Crippen LogP contribution in [0.2, 0.25) is 5.02 Å². The van der Waals surface area contributed by atoms with Crippen LogP contribution in [0.4, 0.5) is 23.7 Å². The molecular formula is C36H43ClF3N5O5. The second-order valence-corrected chi connectivity index (χ2v) is 15.0. The van der Waals surface area contributed by atoms with E-state index in [-0.39, 0.29) is 31.0 Å². The summed E-state index contributed by atoms with van der Waals surface area (Å²) in [5, 5.41) is 12.4. The van der Waals surface area contributed by atoms with Gasteiger partial charge in [-0.1, -0.05) is 29.8 Å². The molecule has 2 bridgehead atoms. The van der Waals surface area contributed by atoms with Gasteiger partial charge in [0.1, 0.15) is 5.75 Å². The minimum Gasteiger partial charge on any atom is -0.506 e. The average molecular weight is 718 g/mol. The van der Waals surface area contributed by atoms with Gasteiger partial charge in [0.05, 0.1) is 10.6 Å². The van der Waals surface area contributed by atoms with Gasteiger partial charge in [0.25, 0.3) is 5.91 Å². The summed E-state index contributed by atoms with van der Waals surface area (Å²) >= 11 is 6.01. The molecule has 4 fully saturated rings. The van der Waals surface area contributed by atoms with Gasteiger partial charge in [-0.15, -0.1) is 0 Å². The Bertz CT molecular complexity index is 1630. The Morgan fingerprint density at radius 3 is 2.32 bits per heavy atom. The Hall–Kier alpha value is -3.55. The summed E-state index contributed by atoms with van der Waals surface area (Å²) in [5.74, 6) is -1.66. The molecule has 0 aliphatic carbocycles. The molecule has 7 rings (SSSR count). The molecule has 2 unspecified atom stereocenters. The van der Waals surface area contributed by atoms with Gasteiger partial charge in [0.2, 0.25) is 5.91 Å². The van der Waals surface area contributed by atoms with Crippen LogP contribution in [0.15, 0.2) is 36.4 Å². The summed E-state index contributed by atoms with van der Waals surface area (Å²) in [5.41, 5.74) is 0.0386. The minimum atomic E-state index is -4.89. The number of alkyl halides is 3. The lowest BCUT2D eigenvalue weighted by atomic mass is 9.68. The zero-order valence-corrected chi connectivity index (χ0v) is 28.8. The van der Waals surface area contributed by atoms with Gasteiger partial charge < -0.3 is 29.9 Å². The number of carbonyl (C=O) groups is 3. The van der Waals surface area contributed by atoms with E-state index < -0.39 is 46.0 Å². The maximum absolute atomic E-state index is 14.1. The van der Waals surface area contributed by atoms with Crippen molar-refractivity contribution in [1.29, 1.82) is 0 Å². The van der Waals surface area contributed by atoms with Crippen molar-refractivity contribution < 1.29 is 37.4 Å². The maximum Gasteiger partial charge on any atom is 0.420 e. The number of anilines is 1. The van der Waals surface area contributed by atoms with Crippen molar-refractivity contribution in [2.45, 2.75) is 87.2 Å². The Balaban J connectivity index is 1.06. The number of piperidine rings is 2. The maximum atomic E-state index is 14.1. The smallest absolute Gasteiger partial charge is 0.420 e. The first-order valence-electron chi connectivity index (χ1n) is 17.5. The predicted molar refractivity (Wildman–Crippen MR) is 180 cm³/mol. The standard InChI is InChI=1S/C36H43ClF3N5O5/c1-42-23-6-7-24(42)20-25(19-23)43-12-14-44(15-13-43)33(48)30(18-22-16-27(36(38,39)40)32(47)28(37)17-22)50-34(49)45-10-8-35(9-11-45)21-31(46)41-29-5-3-2-4-26(29)35/h2-5,16-17,23-25,30,47H,6-15,18-21H2,1H3,(H,41,46)/t23?,24?,25?,30-/m1/s1. The van der Waals surface area contributed by atoms with Crippen molar-refractivity contribution in [2.75, 3.05) is 51.6 Å². The third-order valence-electron chi connectivity index (χ3n) is 11.8. The fraction of sp³-hybridized carbons (Fsp3) is 0.583. The number of piperazine rings is 1. The number of nitrogens with one attached hydrogen (secondary N) is 1. The van der Waals surface area contributed by atoms with E-state index in [1.54, 1.807) is 4.90 Å². The number of para-hydroxylation sites is 1. The zero-order chi connectivity index (χ0) is 35.4. The van der Waals surface area contributed by atoms with Gasteiger partial charge in [-0.2, -0.15) is 13.2 Å². The highest BCUT2D eigenvalue weighted by Gasteiger charge is 2.45. The summed E-state index contributed by atoms with van der Waals surface area (Å²) < 4.78 is 47.2. The number of benzene rings is 2. The molecule has 5 heterocycles. The van der Waals surface area contributed by atoms with Gasteiger partial charge in [0.15, 0.2) is 6.10 Å². The second-order valence-electron chi connectivity index (χ2n) is 14.6. The SMILES string of the molecule is CN1C2CCC1CC(N1CCN(C(=O)[C@@H](Cc3cc(Cl)c(O)c(C(F)(F)F)c3)OC(=O)N3CCC4(CC3)CC(=O)Nc3ccccc34)CC1)C2. The van der Waals surface area contributed by atoms with Crippen LogP contribution in [0.5, 0.6) is 5.75 Å². The fourth-order valence-corrected chi connectivity index (χ4v) is 9.23. The number of carbonyl (C=O) groups excluding carboxylic acids is 3. The zero-order valence-electron chi connectivity index (χ0n) is 28.1. The lowest BCUT2D eigenvalue weighted by Crippen LogP contribution is -2.57. The molecule has 1 spiro atoms.